The molecule has 1 fully saturated rings. The Bertz CT molecular complexity index is 1350. The van der Waals surface area contributed by atoms with Gasteiger partial charge in [-0.05, 0) is 51.0 Å². The molecule has 0 aliphatic carbocycles. The molecule has 1 aromatic heterocycles. The van der Waals surface area contributed by atoms with E-state index in [2.05, 4.69) is 9.08 Å². The van der Waals surface area contributed by atoms with Gasteiger partial charge in [-0.2, -0.15) is 21.6 Å². The highest BCUT2D eigenvalue weighted by Crippen LogP contribution is 2.44. The molecule has 4 rings (SSSR count). The number of halogens is 3. The second-order valence-electron chi connectivity index (χ2n) is 9.80. The second-order valence-corrected chi connectivity index (χ2v) is 11.3. The van der Waals surface area contributed by atoms with E-state index in [4.69, 9.17) is 4.74 Å². The topological polar surface area (TPSA) is 98.1 Å². The number of hydrogen-bond donors (Lipinski definition) is 0. The molecule has 0 bridgehead atoms. The lowest BCUT2D eigenvalue weighted by Gasteiger charge is -2.38. The van der Waals surface area contributed by atoms with Crippen molar-refractivity contribution in [3.8, 4) is 11.4 Å². The van der Waals surface area contributed by atoms with Gasteiger partial charge in [-0.15, -0.1) is 0 Å². The lowest BCUT2D eigenvalue weighted by atomic mass is 9.89. The van der Waals surface area contributed by atoms with Gasteiger partial charge in [0.2, 0.25) is 0 Å². The number of nitrogens with zero attached hydrogens (tertiary/aromatic N) is 3. The summed E-state index contributed by atoms with van der Waals surface area (Å²) in [5, 5.41) is 0. The minimum absolute atomic E-state index is 0.0420. The number of likely N-dealkylation sites (N-methyl/N-ethyl adjacent to an activating group) is 1. The first-order valence-corrected chi connectivity index (χ1v) is 12.6. The molecule has 2 unspecified atom stereocenters. The number of alkyl halides is 3. The van der Waals surface area contributed by atoms with Gasteiger partial charge in [-0.1, -0.05) is 6.07 Å². The minimum Gasteiger partial charge on any atom is -0.444 e. The predicted octanol–water partition coefficient (Wildman–Crippen LogP) is 3.61. The van der Waals surface area contributed by atoms with Crippen LogP contribution in [0.1, 0.15) is 38.7 Å². The second kappa shape index (κ2) is 8.71. The van der Waals surface area contributed by atoms with E-state index in [9.17, 15) is 31.2 Å². The van der Waals surface area contributed by atoms with Crippen LogP contribution in [0, 0.1) is 0 Å². The molecule has 0 N–H and O–H groups in total. The van der Waals surface area contributed by atoms with Crippen LogP contribution in [0.15, 0.2) is 41.3 Å². The zero-order chi connectivity index (χ0) is 26.6. The quantitative estimate of drug-likeness (QED) is 0.443. The third-order valence-corrected chi connectivity index (χ3v) is 7.16. The van der Waals surface area contributed by atoms with Crippen LogP contribution in [0.2, 0.25) is 0 Å². The third kappa shape index (κ3) is 4.88. The normalized spacial score (nSPS) is 20.1. The predicted molar refractivity (Wildman–Crippen MR) is 125 cm³/mol. The molecule has 0 saturated carbocycles. The first-order chi connectivity index (χ1) is 16.6. The van der Waals surface area contributed by atoms with Crippen LogP contribution in [0.5, 0.6) is 5.75 Å². The smallest absolute Gasteiger partial charge is 0.444 e. The summed E-state index contributed by atoms with van der Waals surface area (Å²) in [5.41, 5.74) is -4.66. The molecule has 1 saturated heterocycles. The molecule has 3 heterocycles. The van der Waals surface area contributed by atoms with Crippen LogP contribution < -0.4 is 14.6 Å². The molecule has 2 aliphatic rings. The lowest BCUT2D eigenvalue weighted by Crippen LogP contribution is -2.48. The number of aromatic nitrogens is 1. The molecule has 2 aromatic rings. The largest absolute Gasteiger partial charge is 0.534 e. The number of hydrogen-bond acceptors (Lipinski definition) is 7. The number of piperidine rings is 1. The number of amides is 1. The summed E-state index contributed by atoms with van der Waals surface area (Å²) in [5.74, 6) is -0.694. The number of ether oxygens (including phenoxy) is 1. The number of fused-ring (bicyclic) bond motifs is 3. The number of pyridine rings is 1. The van der Waals surface area contributed by atoms with Crippen molar-refractivity contribution in [1.29, 1.82) is 0 Å². The fourth-order valence-corrected chi connectivity index (χ4v) is 5.03. The van der Waals surface area contributed by atoms with Crippen molar-refractivity contribution in [3.63, 3.8) is 0 Å². The molecule has 13 heteroatoms. The van der Waals surface area contributed by atoms with Crippen molar-refractivity contribution in [1.82, 2.24) is 9.47 Å². The molecular weight excluding hydrogens is 503 g/mol. The van der Waals surface area contributed by atoms with Crippen molar-refractivity contribution in [2.45, 2.75) is 50.3 Å². The van der Waals surface area contributed by atoms with Gasteiger partial charge >= 0.3 is 21.7 Å². The summed E-state index contributed by atoms with van der Waals surface area (Å²) < 4.78 is 70.9. The van der Waals surface area contributed by atoms with Crippen LogP contribution in [-0.2, 0) is 14.9 Å². The van der Waals surface area contributed by atoms with Crippen molar-refractivity contribution < 1.29 is 35.3 Å². The van der Waals surface area contributed by atoms with Gasteiger partial charge in [0, 0.05) is 50.0 Å². The maximum atomic E-state index is 12.6. The fourth-order valence-electron chi connectivity index (χ4n) is 4.58. The van der Waals surface area contributed by atoms with Crippen LogP contribution in [0.25, 0.3) is 5.69 Å². The summed E-state index contributed by atoms with van der Waals surface area (Å²) >= 11 is 0. The van der Waals surface area contributed by atoms with Crippen molar-refractivity contribution in [3.05, 3.63) is 52.4 Å². The van der Waals surface area contributed by atoms with E-state index in [1.165, 1.54) is 4.57 Å². The summed E-state index contributed by atoms with van der Waals surface area (Å²) in [6.45, 7) is 6.47. The number of benzene rings is 1. The first-order valence-electron chi connectivity index (χ1n) is 11.2. The molecule has 2 atom stereocenters. The average Bonchev–Trinajstić information content (AvgIpc) is 3.03. The third-order valence-electron chi connectivity index (χ3n) is 6.18. The van der Waals surface area contributed by atoms with Crippen LogP contribution in [0.3, 0.4) is 0 Å². The van der Waals surface area contributed by atoms with E-state index in [0.29, 0.717) is 24.8 Å². The van der Waals surface area contributed by atoms with Crippen molar-refractivity contribution >= 4 is 21.9 Å². The van der Waals surface area contributed by atoms with Crippen LogP contribution in [0.4, 0.5) is 23.7 Å². The monoisotopic (exact) mass is 529 g/mol. The molecule has 36 heavy (non-hydrogen) atoms. The molecule has 1 amide bonds. The van der Waals surface area contributed by atoms with E-state index < -0.39 is 32.5 Å². The number of rotatable bonds is 3. The van der Waals surface area contributed by atoms with E-state index in [-0.39, 0.29) is 18.1 Å². The number of carbonyl (C=O) groups is 1. The van der Waals surface area contributed by atoms with Crippen molar-refractivity contribution in [2.24, 2.45) is 0 Å². The maximum Gasteiger partial charge on any atom is 0.534 e. The Morgan fingerprint density at radius 2 is 1.81 bits per heavy atom. The van der Waals surface area contributed by atoms with Gasteiger partial charge < -0.3 is 18.7 Å². The van der Waals surface area contributed by atoms with Gasteiger partial charge in [0.15, 0.2) is 0 Å². The minimum atomic E-state index is -5.89. The standard InChI is InChI=1S/C23H26F3N3O6S/c1-22(2,3)34-21(31)28-9-8-18-17(13-28)16-6-5-14(11-19(16)27(18)4)29-10-7-15(12-20(29)30)35-36(32,33)23(24,25)26/h5-7,10-12,17-18H,8-9,13H2,1-4H3. The SMILES string of the molecule is CN1c2cc(-n3ccc(OS(=O)(=O)C(F)(F)F)cc3=O)ccc2C2CN(C(=O)OC(C)(C)C)CCC21. The Labute approximate surface area is 206 Å². The van der Waals surface area contributed by atoms with Gasteiger partial charge in [0.1, 0.15) is 11.4 Å². The molecule has 0 spiro atoms. The summed E-state index contributed by atoms with van der Waals surface area (Å²) in [6.07, 6.45) is 1.51. The Hall–Kier alpha value is -3.22. The van der Waals surface area contributed by atoms with Gasteiger partial charge in [0.25, 0.3) is 5.56 Å². The van der Waals surface area contributed by atoms with Crippen molar-refractivity contribution in [2.75, 3.05) is 25.0 Å². The molecule has 2 aliphatic heterocycles. The zero-order valence-corrected chi connectivity index (χ0v) is 20.9. The molecular formula is C23H26F3N3O6S. The highest BCUT2D eigenvalue weighted by atomic mass is 32.2. The number of anilines is 1. The Morgan fingerprint density at radius 1 is 1.11 bits per heavy atom. The van der Waals surface area contributed by atoms with Crippen LogP contribution in [-0.4, -0.2) is 61.3 Å². The number of likely N-dealkylation sites (tertiary alicyclic amines) is 1. The Balaban J connectivity index is 1.58. The van der Waals surface area contributed by atoms with Gasteiger partial charge in [-0.25, -0.2) is 4.79 Å². The lowest BCUT2D eigenvalue weighted by molar-refractivity contribution is -0.0500. The van der Waals surface area contributed by atoms with Crippen LogP contribution >= 0.6 is 0 Å². The molecule has 1 aromatic carbocycles. The highest BCUT2D eigenvalue weighted by molar-refractivity contribution is 7.88. The number of carbonyl (C=O) groups excluding carboxylic acids is 1. The zero-order valence-electron chi connectivity index (χ0n) is 20.1. The Morgan fingerprint density at radius 3 is 2.42 bits per heavy atom. The maximum absolute atomic E-state index is 12.6. The van der Waals surface area contributed by atoms with Gasteiger partial charge in [-0.3, -0.25) is 9.36 Å². The summed E-state index contributed by atoms with van der Waals surface area (Å²) in [4.78, 5) is 28.9. The summed E-state index contributed by atoms with van der Waals surface area (Å²) in [6, 6.07) is 7.12. The fraction of sp³-hybridized carbons (Fsp3) is 0.478. The summed E-state index contributed by atoms with van der Waals surface area (Å²) in [7, 11) is -3.96. The highest BCUT2D eigenvalue weighted by Gasteiger charge is 2.48. The van der Waals surface area contributed by atoms with Gasteiger partial charge in [0.05, 0.1) is 5.69 Å². The van der Waals surface area contributed by atoms with E-state index in [0.717, 1.165) is 29.9 Å². The average molecular weight is 530 g/mol. The van der Waals surface area contributed by atoms with E-state index >= 15 is 0 Å². The Kier molecular flexibility index (Phi) is 6.26. The molecule has 196 valence electrons. The van der Waals surface area contributed by atoms with E-state index in [1.807, 2.05) is 33.9 Å². The molecule has 0 radical (unpaired) electrons. The van der Waals surface area contributed by atoms with E-state index in [1.54, 1.807) is 17.0 Å². The first kappa shape index (κ1) is 25.9. The molecule has 9 nitrogen and oxygen atoms in total.